The molecule has 1 aliphatic rings. The maximum Gasteiger partial charge on any atom is 0.244 e. The Morgan fingerprint density at radius 2 is 1.88 bits per heavy atom. The lowest BCUT2D eigenvalue weighted by molar-refractivity contribution is 0.402. The van der Waals surface area contributed by atoms with Gasteiger partial charge in [0.25, 0.3) is 0 Å². The highest BCUT2D eigenvalue weighted by atomic mass is 79.9. The first-order valence-electron chi connectivity index (χ1n) is 7.88. The first-order valence-corrected chi connectivity index (χ1v) is 10.2. The van der Waals surface area contributed by atoms with Gasteiger partial charge in [0.1, 0.15) is 10.6 Å². The largest absolute Gasteiger partial charge is 0.495 e. The molecule has 24 heavy (non-hydrogen) atoms. The van der Waals surface area contributed by atoms with Crippen LogP contribution in [0.25, 0.3) is 0 Å². The summed E-state index contributed by atoms with van der Waals surface area (Å²) >= 11 is 3.32. The number of ether oxygens (including phenoxy) is 1. The zero-order valence-electron chi connectivity index (χ0n) is 13.7. The number of hydrogen-bond acceptors (Lipinski definition) is 3. The molecule has 6 heteroatoms. The smallest absolute Gasteiger partial charge is 0.244 e. The summed E-state index contributed by atoms with van der Waals surface area (Å²) in [4.78, 5) is 0.132. The lowest BCUT2D eigenvalue weighted by Gasteiger charge is -2.17. The van der Waals surface area contributed by atoms with E-state index in [-0.39, 0.29) is 10.9 Å². The third kappa shape index (κ3) is 3.50. The molecule has 128 valence electrons. The van der Waals surface area contributed by atoms with Crippen LogP contribution in [0.2, 0.25) is 0 Å². The number of aryl methyl sites for hydroxylation is 2. The summed E-state index contributed by atoms with van der Waals surface area (Å²) < 4.78 is 34.2. The molecule has 0 saturated carbocycles. The molecule has 3 rings (SSSR count). The Kier molecular flexibility index (Phi) is 4.99. The van der Waals surface area contributed by atoms with Gasteiger partial charge in [-0.25, -0.2) is 13.1 Å². The van der Waals surface area contributed by atoms with Crippen LogP contribution in [0.4, 0.5) is 0 Å². The summed E-state index contributed by atoms with van der Waals surface area (Å²) in [5.74, 6) is 0.326. The monoisotopic (exact) mass is 409 g/mol. The molecule has 0 fully saturated rings. The van der Waals surface area contributed by atoms with E-state index in [4.69, 9.17) is 4.74 Å². The van der Waals surface area contributed by atoms with Crippen LogP contribution in [0.1, 0.15) is 36.1 Å². The fourth-order valence-corrected chi connectivity index (χ4v) is 5.03. The van der Waals surface area contributed by atoms with E-state index in [0.29, 0.717) is 10.2 Å². The number of halogens is 1. The normalized spacial score (nSPS) is 15.1. The number of sulfonamides is 1. The average molecular weight is 410 g/mol. The number of hydrogen-bond donors (Lipinski definition) is 1. The molecular formula is C18H20BrNO3S. The lowest BCUT2D eigenvalue weighted by atomic mass is 10.0. The third-order valence-corrected chi connectivity index (χ3v) is 6.42. The topological polar surface area (TPSA) is 55.4 Å². The first-order chi connectivity index (χ1) is 11.4. The van der Waals surface area contributed by atoms with Gasteiger partial charge in [0, 0.05) is 10.5 Å². The molecule has 4 nitrogen and oxygen atoms in total. The standard InChI is InChI=1S/C18H20BrNO3S/c1-12(14-7-6-13-4-3-5-15(13)10-14)20-24(21,22)18-11-16(19)8-9-17(18)23-2/h6-12,20H,3-5H2,1-2H3/t12-/m1/s1. The van der Waals surface area contributed by atoms with Crippen molar-refractivity contribution in [1.29, 1.82) is 0 Å². The van der Waals surface area contributed by atoms with Gasteiger partial charge in [-0.3, -0.25) is 0 Å². The van der Waals surface area contributed by atoms with E-state index in [1.807, 2.05) is 13.0 Å². The van der Waals surface area contributed by atoms with Crippen LogP contribution in [-0.2, 0) is 22.9 Å². The van der Waals surface area contributed by atoms with Crippen molar-refractivity contribution >= 4 is 26.0 Å². The van der Waals surface area contributed by atoms with Crippen molar-refractivity contribution < 1.29 is 13.2 Å². The summed E-state index contributed by atoms with van der Waals surface area (Å²) in [6, 6.07) is 10.9. The van der Waals surface area contributed by atoms with Crippen LogP contribution >= 0.6 is 15.9 Å². The minimum absolute atomic E-state index is 0.132. The van der Waals surface area contributed by atoms with Gasteiger partial charge in [0.15, 0.2) is 0 Å². The second kappa shape index (κ2) is 6.86. The van der Waals surface area contributed by atoms with E-state index < -0.39 is 10.0 Å². The van der Waals surface area contributed by atoms with Gasteiger partial charge in [-0.15, -0.1) is 0 Å². The second-order valence-corrected chi connectivity index (χ2v) is 8.62. The van der Waals surface area contributed by atoms with Gasteiger partial charge in [-0.2, -0.15) is 0 Å². The molecule has 0 heterocycles. The summed E-state index contributed by atoms with van der Waals surface area (Å²) in [6.45, 7) is 1.86. The number of rotatable bonds is 5. The molecule has 1 N–H and O–H groups in total. The maximum absolute atomic E-state index is 12.8. The Labute approximate surface area is 151 Å². The number of benzene rings is 2. The molecule has 1 aliphatic carbocycles. The van der Waals surface area contributed by atoms with Gasteiger partial charge in [0.2, 0.25) is 10.0 Å². The molecule has 0 aromatic heterocycles. The van der Waals surface area contributed by atoms with Crippen LogP contribution in [-0.4, -0.2) is 15.5 Å². The second-order valence-electron chi connectivity index (χ2n) is 6.02. The van der Waals surface area contributed by atoms with Crippen LogP contribution in [0.5, 0.6) is 5.75 Å². The number of fused-ring (bicyclic) bond motifs is 1. The van der Waals surface area contributed by atoms with Crippen molar-refractivity contribution in [2.75, 3.05) is 7.11 Å². The SMILES string of the molecule is COc1ccc(Br)cc1S(=O)(=O)N[C@H](C)c1ccc2c(c1)CCC2. The predicted molar refractivity (Wildman–Crippen MR) is 97.9 cm³/mol. The minimum Gasteiger partial charge on any atom is -0.495 e. The van der Waals surface area contributed by atoms with Gasteiger partial charge >= 0.3 is 0 Å². The molecule has 0 radical (unpaired) electrons. The number of methoxy groups -OCH3 is 1. The molecular weight excluding hydrogens is 390 g/mol. The molecule has 0 aliphatic heterocycles. The van der Waals surface area contributed by atoms with Gasteiger partial charge in [0.05, 0.1) is 7.11 Å². The Bertz CT molecular complexity index is 865. The third-order valence-electron chi connectivity index (χ3n) is 4.37. The van der Waals surface area contributed by atoms with E-state index in [2.05, 4.69) is 32.8 Å². The van der Waals surface area contributed by atoms with Gasteiger partial charge < -0.3 is 4.74 Å². The summed E-state index contributed by atoms with van der Waals surface area (Å²) in [5, 5.41) is 0. The average Bonchev–Trinajstić information content (AvgIpc) is 3.02. The Morgan fingerprint density at radius 1 is 1.12 bits per heavy atom. The molecule has 0 amide bonds. The molecule has 2 aromatic rings. The molecule has 0 spiro atoms. The van der Waals surface area contributed by atoms with E-state index in [1.54, 1.807) is 18.2 Å². The zero-order chi connectivity index (χ0) is 17.3. The van der Waals surface area contributed by atoms with E-state index >= 15 is 0 Å². The van der Waals surface area contributed by atoms with Gasteiger partial charge in [-0.05, 0) is 61.1 Å². The Morgan fingerprint density at radius 3 is 2.62 bits per heavy atom. The van der Waals surface area contributed by atoms with Crippen molar-refractivity contribution in [3.8, 4) is 5.75 Å². The molecule has 1 atom stereocenters. The van der Waals surface area contributed by atoms with Crippen molar-refractivity contribution in [3.05, 3.63) is 57.6 Å². The van der Waals surface area contributed by atoms with E-state index in [1.165, 1.54) is 24.7 Å². The van der Waals surface area contributed by atoms with Crippen LogP contribution in [0.15, 0.2) is 45.8 Å². The van der Waals surface area contributed by atoms with Crippen molar-refractivity contribution in [1.82, 2.24) is 4.72 Å². The quantitative estimate of drug-likeness (QED) is 0.811. The molecule has 0 saturated heterocycles. The fourth-order valence-electron chi connectivity index (χ4n) is 3.09. The number of nitrogens with one attached hydrogen (secondary N) is 1. The summed E-state index contributed by atoms with van der Waals surface area (Å²) in [5.41, 5.74) is 3.69. The maximum atomic E-state index is 12.8. The first kappa shape index (κ1) is 17.5. The Hall–Kier alpha value is -1.37. The highest BCUT2D eigenvalue weighted by Gasteiger charge is 2.23. The van der Waals surface area contributed by atoms with Crippen LogP contribution < -0.4 is 9.46 Å². The highest BCUT2D eigenvalue weighted by Crippen LogP contribution is 2.30. The van der Waals surface area contributed by atoms with E-state index in [0.717, 1.165) is 18.4 Å². The molecule has 0 bridgehead atoms. The van der Waals surface area contributed by atoms with Crippen LogP contribution in [0, 0.1) is 0 Å². The summed E-state index contributed by atoms with van der Waals surface area (Å²) in [6.07, 6.45) is 3.36. The van der Waals surface area contributed by atoms with Crippen molar-refractivity contribution in [2.24, 2.45) is 0 Å². The lowest BCUT2D eigenvalue weighted by Crippen LogP contribution is -2.27. The van der Waals surface area contributed by atoms with Crippen LogP contribution in [0.3, 0.4) is 0 Å². The Balaban J connectivity index is 1.88. The zero-order valence-corrected chi connectivity index (χ0v) is 16.1. The van der Waals surface area contributed by atoms with Crippen molar-refractivity contribution in [3.63, 3.8) is 0 Å². The highest BCUT2D eigenvalue weighted by molar-refractivity contribution is 9.10. The van der Waals surface area contributed by atoms with Crippen molar-refractivity contribution in [2.45, 2.75) is 37.1 Å². The fraction of sp³-hybridized carbons (Fsp3) is 0.333. The predicted octanol–water partition coefficient (Wildman–Crippen LogP) is 3.99. The summed E-state index contributed by atoms with van der Waals surface area (Å²) in [7, 11) is -2.23. The molecule has 0 unspecified atom stereocenters. The van der Waals surface area contributed by atoms with Gasteiger partial charge in [-0.1, -0.05) is 34.1 Å². The molecule has 2 aromatic carbocycles. The minimum atomic E-state index is -3.69. The van der Waals surface area contributed by atoms with E-state index in [9.17, 15) is 8.42 Å².